The van der Waals surface area contributed by atoms with Gasteiger partial charge < -0.3 is 9.73 Å². The third-order valence-electron chi connectivity index (χ3n) is 2.72. The smallest absolute Gasteiger partial charge is 0.259 e. The van der Waals surface area contributed by atoms with Crippen molar-refractivity contribution in [1.82, 2.24) is 10.7 Å². The minimum Gasteiger partial charge on any atom is -0.463 e. The Balaban J connectivity index is 1.79. The van der Waals surface area contributed by atoms with Crippen molar-refractivity contribution < 1.29 is 14.0 Å². The van der Waals surface area contributed by atoms with E-state index in [1.807, 2.05) is 19.1 Å². The summed E-state index contributed by atoms with van der Waals surface area (Å²) in [6, 6.07) is 10.6. The molecule has 0 atom stereocenters. The van der Waals surface area contributed by atoms with Crippen LogP contribution in [0.5, 0.6) is 0 Å². The molecule has 1 heterocycles. The number of benzene rings is 1. The number of nitrogens with one attached hydrogen (secondary N) is 2. The maximum absolute atomic E-state index is 11.9. The highest BCUT2D eigenvalue weighted by Gasteiger charge is 2.09. The van der Waals surface area contributed by atoms with Crippen molar-refractivity contribution in [3.05, 3.63) is 59.5 Å². The van der Waals surface area contributed by atoms with Crippen LogP contribution in [0.4, 0.5) is 0 Å². The molecule has 0 aliphatic rings. The first-order chi connectivity index (χ1) is 10.2. The fourth-order valence-electron chi connectivity index (χ4n) is 1.66. The van der Waals surface area contributed by atoms with E-state index in [2.05, 4.69) is 15.8 Å². The molecule has 2 N–H and O–H groups in total. The molecule has 21 heavy (non-hydrogen) atoms. The van der Waals surface area contributed by atoms with Crippen LogP contribution < -0.4 is 10.7 Å². The van der Waals surface area contributed by atoms with Gasteiger partial charge in [-0.25, -0.2) is 5.43 Å². The second-order valence-electron chi connectivity index (χ2n) is 4.31. The highest BCUT2D eigenvalue weighted by molar-refractivity contribution is 5.97. The number of carbonyl (C=O) groups excluding carboxylic acids is 2. The second-order valence-corrected chi connectivity index (χ2v) is 4.31. The van der Waals surface area contributed by atoms with Gasteiger partial charge in [-0.15, -0.1) is 0 Å². The van der Waals surface area contributed by atoms with Crippen molar-refractivity contribution in [2.75, 3.05) is 6.54 Å². The van der Waals surface area contributed by atoms with Gasteiger partial charge in [-0.2, -0.15) is 5.10 Å². The lowest BCUT2D eigenvalue weighted by atomic mass is 10.1. The van der Waals surface area contributed by atoms with E-state index in [1.54, 1.807) is 24.3 Å². The van der Waals surface area contributed by atoms with Gasteiger partial charge in [0.1, 0.15) is 5.76 Å². The lowest BCUT2D eigenvalue weighted by molar-refractivity contribution is -0.120. The Kier molecular flexibility index (Phi) is 4.87. The van der Waals surface area contributed by atoms with Gasteiger partial charge in [-0.3, -0.25) is 9.59 Å². The summed E-state index contributed by atoms with van der Waals surface area (Å²) in [6.07, 6.45) is 2.88. The van der Waals surface area contributed by atoms with Crippen molar-refractivity contribution in [1.29, 1.82) is 0 Å². The Morgan fingerprint density at radius 2 is 2.05 bits per heavy atom. The predicted molar refractivity (Wildman–Crippen MR) is 78.0 cm³/mol. The standard InChI is InChI=1S/C15H15N3O3/c1-11-5-2-3-7-13(11)15(20)16-10-14(19)18-17-9-12-6-4-8-21-12/h2-9H,10H2,1H3,(H,16,20)(H,18,19). The Hall–Kier alpha value is -2.89. The maximum Gasteiger partial charge on any atom is 0.259 e. The third kappa shape index (κ3) is 4.31. The van der Waals surface area contributed by atoms with Gasteiger partial charge in [0.05, 0.1) is 19.0 Å². The Morgan fingerprint density at radius 1 is 1.24 bits per heavy atom. The van der Waals surface area contributed by atoms with Crippen LogP contribution in [0.1, 0.15) is 21.7 Å². The molecule has 0 radical (unpaired) electrons. The average molecular weight is 285 g/mol. The van der Waals surface area contributed by atoms with Crippen LogP contribution >= 0.6 is 0 Å². The van der Waals surface area contributed by atoms with E-state index in [0.717, 1.165) is 5.56 Å². The number of hydrogen-bond acceptors (Lipinski definition) is 4. The number of nitrogens with zero attached hydrogens (tertiary/aromatic N) is 1. The molecule has 0 spiro atoms. The Labute approximate surface area is 121 Å². The van der Waals surface area contributed by atoms with Crippen LogP contribution in [-0.2, 0) is 4.79 Å². The van der Waals surface area contributed by atoms with Gasteiger partial charge in [0.2, 0.25) is 0 Å². The fourth-order valence-corrected chi connectivity index (χ4v) is 1.66. The summed E-state index contributed by atoms with van der Waals surface area (Å²) in [6.45, 7) is 1.69. The van der Waals surface area contributed by atoms with Crippen molar-refractivity contribution >= 4 is 18.0 Å². The van der Waals surface area contributed by atoms with Crippen LogP contribution in [0.15, 0.2) is 52.2 Å². The molecule has 1 aromatic carbocycles. The topological polar surface area (TPSA) is 83.7 Å². The van der Waals surface area contributed by atoms with E-state index in [9.17, 15) is 9.59 Å². The van der Waals surface area contributed by atoms with Crippen LogP contribution in [0.3, 0.4) is 0 Å². The molecule has 6 nitrogen and oxygen atoms in total. The van der Waals surface area contributed by atoms with E-state index in [1.165, 1.54) is 12.5 Å². The number of amides is 2. The number of furan rings is 1. The third-order valence-corrected chi connectivity index (χ3v) is 2.72. The van der Waals surface area contributed by atoms with Gasteiger partial charge in [-0.05, 0) is 30.7 Å². The monoisotopic (exact) mass is 285 g/mol. The largest absolute Gasteiger partial charge is 0.463 e. The fraction of sp³-hybridized carbons (Fsp3) is 0.133. The van der Waals surface area contributed by atoms with Gasteiger partial charge in [0.15, 0.2) is 0 Å². The molecule has 1 aromatic heterocycles. The Morgan fingerprint density at radius 3 is 2.76 bits per heavy atom. The first-order valence-electron chi connectivity index (χ1n) is 6.36. The lowest BCUT2D eigenvalue weighted by Gasteiger charge is -2.06. The number of hydrogen-bond donors (Lipinski definition) is 2. The summed E-state index contributed by atoms with van der Waals surface area (Å²) >= 11 is 0. The molecule has 0 fully saturated rings. The zero-order chi connectivity index (χ0) is 15.1. The van der Waals surface area contributed by atoms with Crippen LogP contribution in [-0.4, -0.2) is 24.6 Å². The molecule has 0 saturated carbocycles. The number of hydrazone groups is 1. The van der Waals surface area contributed by atoms with Crippen molar-refractivity contribution in [3.8, 4) is 0 Å². The summed E-state index contributed by atoms with van der Waals surface area (Å²) in [5.41, 5.74) is 3.70. The van der Waals surface area contributed by atoms with Crippen molar-refractivity contribution in [2.45, 2.75) is 6.92 Å². The molecule has 0 saturated heterocycles. The molecule has 0 aliphatic heterocycles. The number of carbonyl (C=O) groups is 2. The van der Waals surface area contributed by atoms with Crippen molar-refractivity contribution in [2.24, 2.45) is 5.10 Å². The van der Waals surface area contributed by atoms with Crippen LogP contribution in [0.2, 0.25) is 0 Å². The molecule has 2 aromatic rings. The SMILES string of the molecule is Cc1ccccc1C(=O)NCC(=O)NN=Cc1ccco1. The van der Waals surface area contributed by atoms with E-state index in [-0.39, 0.29) is 12.5 Å². The summed E-state index contributed by atoms with van der Waals surface area (Å²) in [5, 5.41) is 6.25. The summed E-state index contributed by atoms with van der Waals surface area (Å²) in [4.78, 5) is 23.4. The average Bonchev–Trinajstić information content (AvgIpc) is 2.98. The zero-order valence-corrected chi connectivity index (χ0v) is 11.5. The first-order valence-corrected chi connectivity index (χ1v) is 6.36. The number of aryl methyl sites for hydroxylation is 1. The molecule has 2 amide bonds. The lowest BCUT2D eigenvalue weighted by Crippen LogP contribution is -2.35. The molecular weight excluding hydrogens is 270 g/mol. The summed E-state index contributed by atoms with van der Waals surface area (Å²) in [5.74, 6) is -0.183. The molecule has 0 unspecified atom stereocenters. The van der Waals surface area contributed by atoms with Crippen molar-refractivity contribution in [3.63, 3.8) is 0 Å². The zero-order valence-electron chi connectivity index (χ0n) is 11.5. The predicted octanol–water partition coefficient (Wildman–Crippen LogP) is 1.47. The minimum atomic E-state index is -0.417. The number of rotatable bonds is 5. The van der Waals surface area contributed by atoms with E-state index in [0.29, 0.717) is 11.3 Å². The molecule has 0 aliphatic carbocycles. The second kappa shape index (κ2) is 7.04. The van der Waals surface area contributed by atoms with Gasteiger partial charge in [0.25, 0.3) is 11.8 Å². The molecule has 108 valence electrons. The van der Waals surface area contributed by atoms with Gasteiger partial charge >= 0.3 is 0 Å². The van der Waals surface area contributed by atoms with Crippen LogP contribution in [0, 0.1) is 6.92 Å². The molecule has 2 rings (SSSR count). The minimum absolute atomic E-state index is 0.150. The maximum atomic E-state index is 11.9. The highest BCUT2D eigenvalue weighted by Crippen LogP contribution is 2.05. The van der Waals surface area contributed by atoms with E-state index < -0.39 is 5.91 Å². The summed E-state index contributed by atoms with van der Waals surface area (Å²) < 4.78 is 5.01. The molecular formula is C15H15N3O3. The quantitative estimate of drug-likeness (QED) is 0.644. The first kappa shape index (κ1) is 14.5. The normalized spacial score (nSPS) is 10.5. The van der Waals surface area contributed by atoms with Gasteiger partial charge in [-0.1, -0.05) is 18.2 Å². The molecule has 6 heteroatoms. The highest BCUT2D eigenvalue weighted by atomic mass is 16.3. The van der Waals surface area contributed by atoms with Crippen LogP contribution in [0.25, 0.3) is 0 Å². The van der Waals surface area contributed by atoms with Gasteiger partial charge in [0, 0.05) is 5.56 Å². The van der Waals surface area contributed by atoms with E-state index >= 15 is 0 Å². The summed E-state index contributed by atoms with van der Waals surface area (Å²) in [7, 11) is 0. The molecule has 0 bridgehead atoms. The van der Waals surface area contributed by atoms with E-state index in [4.69, 9.17) is 4.42 Å². The Bertz CT molecular complexity index is 648.